The number of hydrogen-bond donors (Lipinski definition) is 2. The number of hydrogen-bond acceptors (Lipinski definition) is 3. The molecule has 0 saturated carbocycles. The van der Waals surface area contributed by atoms with Crippen molar-refractivity contribution in [3.63, 3.8) is 0 Å². The van der Waals surface area contributed by atoms with Crippen LogP contribution in [0.2, 0.25) is 0 Å². The van der Waals surface area contributed by atoms with Crippen LogP contribution in [0.4, 0.5) is 4.39 Å². The molecule has 0 aromatic heterocycles. The fraction of sp³-hybridized carbons (Fsp3) is 0.562. The summed E-state index contributed by atoms with van der Waals surface area (Å²) in [7, 11) is 2.03. The van der Waals surface area contributed by atoms with Crippen LogP contribution in [0.1, 0.15) is 38.7 Å². The molecule has 3 N–H and O–H groups in total. The summed E-state index contributed by atoms with van der Waals surface area (Å²) < 4.78 is 13.1. The van der Waals surface area contributed by atoms with Crippen LogP contribution in [0.3, 0.4) is 0 Å². The normalized spacial score (nSPS) is 12.9. The van der Waals surface area contributed by atoms with E-state index in [1.807, 2.05) is 27.0 Å². The molecule has 0 aliphatic carbocycles. The Morgan fingerprint density at radius 1 is 1.38 bits per heavy atom. The molecule has 1 aromatic rings. The summed E-state index contributed by atoms with van der Waals surface area (Å²) in [6, 6.07) is 6.69. The van der Waals surface area contributed by atoms with Crippen molar-refractivity contribution in [2.75, 3.05) is 13.6 Å². The van der Waals surface area contributed by atoms with E-state index in [-0.39, 0.29) is 17.1 Å². The van der Waals surface area contributed by atoms with E-state index in [0.717, 1.165) is 37.9 Å². The molecule has 0 heterocycles. The Morgan fingerprint density at radius 2 is 2.10 bits per heavy atom. The number of rotatable bonds is 8. The Morgan fingerprint density at radius 3 is 2.71 bits per heavy atom. The molecule has 0 amide bonds. The first-order valence-electron chi connectivity index (χ1n) is 7.26. The summed E-state index contributed by atoms with van der Waals surface area (Å²) in [4.78, 5) is 2.17. The lowest BCUT2D eigenvalue weighted by Gasteiger charge is -2.23. The Hall–Kier alpha value is -1.62. The van der Waals surface area contributed by atoms with E-state index in [1.165, 1.54) is 6.07 Å². The second-order valence-electron chi connectivity index (χ2n) is 6.19. The summed E-state index contributed by atoms with van der Waals surface area (Å²) in [5.74, 6) is 0.0806. The molecule has 0 aliphatic heterocycles. The zero-order chi connectivity index (χ0) is 15.9. The van der Waals surface area contributed by atoms with Crippen LogP contribution < -0.4 is 5.73 Å². The number of benzene rings is 1. The van der Waals surface area contributed by atoms with Gasteiger partial charge < -0.3 is 15.8 Å². The number of nitrogens with two attached hydrogens (primary N) is 1. The monoisotopic (exact) mass is 295 g/mol. The lowest BCUT2D eigenvalue weighted by atomic mass is 9.86. The van der Waals surface area contributed by atoms with Crippen LogP contribution in [-0.2, 0) is 6.54 Å². The molecule has 0 radical (unpaired) electrons. The van der Waals surface area contributed by atoms with Gasteiger partial charge in [0.2, 0.25) is 0 Å². The third kappa shape index (κ3) is 6.12. The largest absolute Gasteiger partial charge is 0.409 e. The van der Waals surface area contributed by atoms with Gasteiger partial charge >= 0.3 is 0 Å². The van der Waals surface area contributed by atoms with Crippen LogP contribution in [0, 0.1) is 11.2 Å². The highest BCUT2D eigenvalue weighted by atomic mass is 19.1. The zero-order valence-corrected chi connectivity index (χ0v) is 13.1. The number of nitrogens with zero attached hydrogens (tertiary/aromatic N) is 2. The van der Waals surface area contributed by atoms with Crippen LogP contribution in [0.5, 0.6) is 0 Å². The van der Waals surface area contributed by atoms with Crippen LogP contribution in [0.25, 0.3) is 0 Å². The van der Waals surface area contributed by atoms with E-state index >= 15 is 0 Å². The summed E-state index contributed by atoms with van der Waals surface area (Å²) in [5, 5.41) is 11.8. The first kappa shape index (κ1) is 17.4. The summed E-state index contributed by atoms with van der Waals surface area (Å²) in [6.45, 7) is 5.61. The van der Waals surface area contributed by atoms with E-state index in [2.05, 4.69) is 10.1 Å². The maximum absolute atomic E-state index is 13.1. The van der Waals surface area contributed by atoms with E-state index in [9.17, 15) is 4.39 Å². The van der Waals surface area contributed by atoms with Crippen molar-refractivity contribution in [3.05, 3.63) is 35.6 Å². The Balaban J connectivity index is 2.30. The minimum absolute atomic E-state index is 0.193. The van der Waals surface area contributed by atoms with Crippen molar-refractivity contribution in [2.45, 2.75) is 39.7 Å². The minimum atomic E-state index is -0.282. The second-order valence-corrected chi connectivity index (χ2v) is 6.19. The maximum atomic E-state index is 13.1. The molecule has 0 aliphatic rings. The highest BCUT2D eigenvalue weighted by molar-refractivity contribution is 5.85. The van der Waals surface area contributed by atoms with E-state index in [1.54, 1.807) is 12.1 Å². The molecule has 1 aromatic carbocycles. The Kier molecular flexibility index (Phi) is 6.62. The van der Waals surface area contributed by atoms with Gasteiger partial charge in [-0.15, -0.1) is 0 Å². The zero-order valence-electron chi connectivity index (χ0n) is 13.1. The van der Waals surface area contributed by atoms with Crippen molar-refractivity contribution in [1.82, 2.24) is 4.90 Å². The lowest BCUT2D eigenvalue weighted by molar-refractivity contribution is 0.295. The second kappa shape index (κ2) is 7.98. The molecule has 1 rings (SSSR count). The smallest absolute Gasteiger partial charge is 0.144 e. The van der Waals surface area contributed by atoms with Crippen LogP contribution in [-0.4, -0.2) is 29.5 Å². The maximum Gasteiger partial charge on any atom is 0.144 e. The van der Waals surface area contributed by atoms with Gasteiger partial charge in [0.1, 0.15) is 11.7 Å². The van der Waals surface area contributed by atoms with Gasteiger partial charge in [-0.3, -0.25) is 0 Å². The van der Waals surface area contributed by atoms with Crippen molar-refractivity contribution >= 4 is 5.84 Å². The molecule has 0 unspecified atom stereocenters. The molecule has 118 valence electrons. The molecule has 0 spiro atoms. The predicted molar refractivity (Wildman–Crippen MR) is 83.8 cm³/mol. The average molecular weight is 295 g/mol. The van der Waals surface area contributed by atoms with Gasteiger partial charge in [0.25, 0.3) is 0 Å². The number of unbranched alkanes of at least 4 members (excludes halogenated alkanes) is 1. The van der Waals surface area contributed by atoms with Gasteiger partial charge in [-0.25, -0.2) is 4.39 Å². The lowest BCUT2D eigenvalue weighted by Crippen LogP contribution is -2.32. The molecule has 0 atom stereocenters. The molecular formula is C16H26FN3O. The third-order valence-corrected chi connectivity index (χ3v) is 3.73. The molecule has 4 nitrogen and oxygen atoms in total. The van der Waals surface area contributed by atoms with Crippen molar-refractivity contribution in [3.8, 4) is 0 Å². The highest BCUT2D eigenvalue weighted by Gasteiger charge is 2.22. The molecule has 0 fully saturated rings. The van der Waals surface area contributed by atoms with Gasteiger partial charge in [0.15, 0.2) is 0 Å². The summed E-state index contributed by atoms with van der Waals surface area (Å²) in [6.07, 6.45) is 2.89. The minimum Gasteiger partial charge on any atom is -0.409 e. The van der Waals surface area contributed by atoms with Gasteiger partial charge in [-0.2, -0.15) is 0 Å². The van der Waals surface area contributed by atoms with E-state index < -0.39 is 0 Å². The first-order chi connectivity index (χ1) is 9.85. The van der Waals surface area contributed by atoms with Crippen LogP contribution in [0.15, 0.2) is 29.4 Å². The molecule has 5 heteroatoms. The number of oxime groups is 1. The van der Waals surface area contributed by atoms with Crippen LogP contribution >= 0.6 is 0 Å². The topological polar surface area (TPSA) is 61.8 Å². The van der Waals surface area contributed by atoms with Gasteiger partial charge in [-0.05, 0) is 44.1 Å². The average Bonchev–Trinajstić information content (AvgIpc) is 2.42. The third-order valence-electron chi connectivity index (χ3n) is 3.73. The van der Waals surface area contributed by atoms with Gasteiger partial charge in [0.05, 0.1) is 0 Å². The Labute approximate surface area is 126 Å². The Bertz CT molecular complexity index is 474. The molecule has 0 saturated heterocycles. The van der Waals surface area contributed by atoms with Gasteiger partial charge in [-0.1, -0.05) is 37.6 Å². The fourth-order valence-electron chi connectivity index (χ4n) is 2.24. The number of halogens is 1. The molecule has 21 heavy (non-hydrogen) atoms. The van der Waals surface area contributed by atoms with Crippen molar-refractivity contribution < 1.29 is 9.60 Å². The number of amidine groups is 1. The first-order valence-corrected chi connectivity index (χ1v) is 7.26. The molecule has 0 bridgehead atoms. The molecular weight excluding hydrogens is 269 g/mol. The summed E-state index contributed by atoms with van der Waals surface area (Å²) in [5.41, 5.74) is 6.36. The van der Waals surface area contributed by atoms with E-state index in [0.29, 0.717) is 0 Å². The van der Waals surface area contributed by atoms with E-state index in [4.69, 9.17) is 10.9 Å². The summed E-state index contributed by atoms with van der Waals surface area (Å²) >= 11 is 0. The fourth-order valence-corrected chi connectivity index (χ4v) is 2.24. The quantitative estimate of drug-likeness (QED) is 0.254. The SMILES string of the molecule is CN(CCCCC(C)(C)/C(N)=N/O)Cc1cccc(F)c1. The highest BCUT2D eigenvalue weighted by Crippen LogP contribution is 2.23. The van der Waals surface area contributed by atoms with Crippen molar-refractivity contribution in [1.29, 1.82) is 0 Å². The predicted octanol–water partition coefficient (Wildman–Crippen LogP) is 3.20. The standard InChI is InChI=1S/C16H26FN3O/c1-16(2,15(18)19-21)9-4-5-10-20(3)12-13-7-6-8-14(17)11-13/h6-8,11,21H,4-5,9-10,12H2,1-3H3,(H2,18,19). The van der Waals surface area contributed by atoms with Crippen molar-refractivity contribution in [2.24, 2.45) is 16.3 Å². The van der Waals surface area contributed by atoms with Gasteiger partial charge in [0, 0.05) is 12.0 Å².